The molecule has 0 aromatic heterocycles. The first-order valence-electron chi connectivity index (χ1n) is 5.97. The molecule has 0 aliphatic rings. The second-order valence-electron chi connectivity index (χ2n) is 4.32. The molecule has 2 aromatic carbocycles. The Labute approximate surface area is 120 Å². The number of aldehydes is 1. The van der Waals surface area contributed by atoms with Crippen LogP contribution in [0, 0.1) is 28.4 Å². The number of carbonyl (C=O) groups excluding carboxylic acids is 1. The molecule has 0 radical (unpaired) electrons. The molecule has 0 saturated carbocycles. The van der Waals surface area contributed by atoms with Crippen molar-refractivity contribution in [3.63, 3.8) is 0 Å². The molecule has 0 N–H and O–H groups in total. The van der Waals surface area contributed by atoms with Crippen LogP contribution < -0.4 is 4.74 Å². The summed E-state index contributed by atoms with van der Waals surface area (Å²) in [7, 11) is 0. The minimum atomic E-state index is -0.555. The van der Waals surface area contributed by atoms with Crippen LogP contribution >= 0.6 is 0 Å². The van der Waals surface area contributed by atoms with Crippen LogP contribution in [0.3, 0.4) is 0 Å². The van der Waals surface area contributed by atoms with E-state index in [2.05, 4.69) is 0 Å². The van der Waals surface area contributed by atoms with E-state index in [1.54, 1.807) is 13.0 Å². The normalized spacial score (nSPS) is 9.71. The Hall–Kier alpha value is -3.20. The maximum atomic E-state index is 11.0. The van der Waals surface area contributed by atoms with Gasteiger partial charge in [-0.1, -0.05) is 6.07 Å². The lowest BCUT2D eigenvalue weighted by Crippen LogP contribution is -1.96. The van der Waals surface area contributed by atoms with Crippen LogP contribution in [-0.2, 0) is 0 Å². The van der Waals surface area contributed by atoms with Gasteiger partial charge in [0.05, 0.1) is 10.5 Å². The molecule has 0 bridgehead atoms. The highest BCUT2D eigenvalue weighted by molar-refractivity contribution is 5.76. The van der Waals surface area contributed by atoms with Gasteiger partial charge in [-0.3, -0.25) is 14.9 Å². The summed E-state index contributed by atoms with van der Waals surface area (Å²) in [5.74, 6) is 0.215. The van der Waals surface area contributed by atoms with Gasteiger partial charge in [-0.15, -0.1) is 0 Å². The molecule has 2 rings (SSSR count). The first kappa shape index (κ1) is 14.2. The van der Waals surface area contributed by atoms with Crippen molar-refractivity contribution in [1.29, 1.82) is 5.26 Å². The molecule has 0 atom stereocenters. The first-order chi connectivity index (χ1) is 10.0. The number of rotatable bonds is 4. The highest BCUT2D eigenvalue weighted by atomic mass is 16.6. The molecule has 0 spiro atoms. The Morgan fingerprint density at radius 3 is 2.62 bits per heavy atom. The molecular weight excluding hydrogens is 272 g/mol. The van der Waals surface area contributed by atoms with Crippen molar-refractivity contribution in [2.45, 2.75) is 6.92 Å². The molecule has 0 amide bonds. The fourth-order valence-electron chi connectivity index (χ4n) is 1.77. The van der Waals surface area contributed by atoms with Gasteiger partial charge in [0.1, 0.15) is 18.1 Å². The van der Waals surface area contributed by atoms with Gasteiger partial charge in [-0.05, 0) is 36.8 Å². The Bertz CT molecular complexity index is 763. The van der Waals surface area contributed by atoms with E-state index in [0.717, 1.165) is 5.56 Å². The molecule has 21 heavy (non-hydrogen) atoms. The van der Waals surface area contributed by atoms with E-state index in [9.17, 15) is 14.9 Å². The third kappa shape index (κ3) is 3.04. The number of nitrogens with zero attached hydrogens (tertiary/aromatic N) is 2. The lowest BCUT2D eigenvalue weighted by atomic mass is 10.1. The minimum Gasteiger partial charge on any atom is -0.449 e. The van der Waals surface area contributed by atoms with E-state index in [-0.39, 0.29) is 22.7 Å². The van der Waals surface area contributed by atoms with Crippen molar-refractivity contribution < 1.29 is 14.5 Å². The number of nitro benzene ring substituents is 1. The summed E-state index contributed by atoms with van der Waals surface area (Å²) in [5.41, 5.74) is 1.07. The highest BCUT2D eigenvalue weighted by Gasteiger charge is 2.17. The lowest BCUT2D eigenvalue weighted by Gasteiger charge is -2.09. The van der Waals surface area contributed by atoms with Crippen molar-refractivity contribution in [3.8, 4) is 17.6 Å². The monoisotopic (exact) mass is 282 g/mol. The quantitative estimate of drug-likeness (QED) is 0.486. The average Bonchev–Trinajstić information content (AvgIpc) is 2.47. The third-order valence-corrected chi connectivity index (χ3v) is 2.79. The van der Waals surface area contributed by atoms with Crippen molar-refractivity contribution in [2.24, 2.45) is 0 Å². The van der Waals surface area contributed by atoms with E-state index >= 15 is 0 Å². The Morgan fingerprint density at radius 1 is 1.24 bits per heavy atom. The molecule has 6 nitrogen and oxygen atoms in total. The van der Waals surface area contributed by atoms with Gasteiger partial charge in [0.15, 0.2) is 0 Å². The molecular formula is C15H10N2O4. The van der Waals surface area contributed by atoms with Crippen molar-refractivity contribution in [2.75, 3.05) is 0 Å². The summed E-state index contributed by atoms with van der Waals surface area (Å²) in [6.45, 7) is 1.78. The molecule has 6 heteroatoms. The molecule has 0 fully saturated rings. The van der Waals surface area contributed by atoms with Crippen LogP contribution in [0.4, 0.5) is 5.69 Å². The Kier molecular flexibility index (Phi) is 3.95. The third-order valence-electron chi connectivity index (χ3n) is 2.79. The fourth-order valence-corrected chi connectivity index (χ4v) is 1.77. The Morgan fingerprint density at radius 2 is 2.00 bits per heavy atom. The molecule has 0 unspecified atom stereocenters. The maximum absolute atomic E-state index is 11.0. The van der Waals surface area contributed by atoms with Gasteiger partial charge in [0, 0.05) is 11.6 Å². The Balaban J connectivity index is 2.48. The summed E-state index contributed by atoms with van der Waals surface area (Å²) in [6.07, 6.45) is 0.611. The summed E-state index contributed by atoms with van der Waals surface area (Å²) < 4.78 is 5.49. The largest absolute Gasteiger partial charge is 0.449 e. The van der Waals surface area contributed by atoms with Gasteiger partial charge < -0.3 is 4.74 Å². The van der Waals surface area contributed by atoms with Gasteiger partial charge in [-0.25, -0.2) is 0 Å². The van der Waals surface area contributed by atoms with Crippen LogP contribution in [0.2, 0.25) is 0 Å². The zero-order valence-corrected chi connectivity index (χ0v) is 11.1. The van der Waals surface area contributed by atoms with Crippen LogP contribution in [0.15, 0.2) is 36.4 Å². The van der Waals surface area contributed by atoms with Gasteiger partial charge in [-0.2, -0.15) is 5.26 Å². The number of hydrogen-bond donors (Lipinski definition) is 0. The summed E-state index contributed by atoms with van der Waals surface area (Å²) in [5, 5.41) is 20.1. The van der Waals surface area contributed by atoms with E-state index < -0.39 is 4.92 Å². The van der Waals surface area contributed by atoms with Crippen LogP contribution in [0.1, 0.15) is 21.5 Å². The first-order valence-corrected chi connectivity index (χ1v) is 5.97. The molecule has 104 valence electrons. The molecule has 0 aliphatic heterocycles. The second-order valence-corrected chi connectivity index (χ2v) is 4.32. The second kappa shape index (κ2) is 5.84. The van der Waals surface area contributed by atoms with Crippen LogP contribution in [0.25, 0.3) is 0 Å². The van der Waals surface area contributed by atoms with Crippen molar-refractivity contribution in [1.82, 2.24) is 0 Å². The highest BCUT2D eigenvalue weighted by Crippen LogP contribution is 2.33. The molecule has 2 aromatic rings. The van der Waals surface area contributed by atoms with Gasteiger partial charge in [0.2, 0.25) is 5.75 Å². The van der Waals surface area contributed by atoms with Gasteiger partial charge in [0.25, 0.3) is 0 Å². The molecule has 0 heterocycles. The van der Waals surface area contributed by atoms with Gasteiger partial charge >= 0.3 is 5.69 Å². The zero-order valence-electron chi connectivity index (χ0n) is 11.1. The van der Waals surface area contributed by atoms with Crippen LogP contribution in [0.5, 0.6) is 11.5 Å². The number of nitro groups is 1. The maximum Gasteiger partial charge on any atom is 0.311 e. The topological polar surface area (TPSA) is 93.2 Å². The number of carbonyl (C=O) groups is 1. The number of hydrogen-bond acceptors (Lipinski definition) is 5. The van der Waals surface area contributed by atoms with Crippen molar-refractivity contribution >= 4 is 12.0 Å². The predicted octanol–water partition coefficient (Wildman–Crippen LogP) is 3.38. The van der Waals surface area contributed by atoms with Crippen LogP contribution in [-0.4, -0.2) is 11.2 Å². The summed E-state index contributed by atoms with van der Waals surface area (Å²) in [4.78, 5) is 21.1. The van der Waals surface area contributed by atoms with E-state index in [1.165, 1.54) is 30.3 Å². The number of ether oxygens (including phenoxy) is 1. The zero-order chi connectivity index (χ0) is 15.4. The summed E-state index contributed by atoms with van der Waals surface area (Å²) >= 11 is 0. The predicted molar refractivity (Wildman–Crippen MR) is 74.5 cm³/mol. The lowest BCUT2D eigenvalue weighted by molar-refractivity contribution is -0.385. The van der Waals surface area contributed by atoms with E-state index in [4.69, 9.17) is 10.00 Å². The fraction of sp³-hybridized carbons (Fsp3) is 0.0667. The number of benzene rings is 2. The minimum absolute atomic E-state index is 0.0513. The number of aryl methyl sites for hydroxylation is 1. The van der Waals surface area contributed by atoms with Crippen molar-refractivity contribution in [3.05, 3.63) is 63.2 Å². The SMILES string of the molecule is Cc1ccc([N+](=O)[O-])c(Oc2ccc(C=O)cc2C#N)c1. The number of nitriles is 1. The molecule has 0 aliphatic carbocycles. The smallest absolute Gasteiger partial charge is 0.311 e. The van der Waals surface area contributed by atoms with E-state index in [0.29, 0.717) is 11.8 Å². The average molecular weight is 282 g/mol. The molecule has 0 saturated heterocycles. The van der Waals surface area contributed by atoms with E-state index in [1.807, 2.05) is 6.07 Å². The standard InChI is InChI=1S/C15H10N2O4/c1-10-2-4-13(17(19)20)15(6-10)21-14-5-3-11(9-18)7-12(14)8-16/h2-7,9H,1H3. The summed E-state index contributed by atoms with van der Waals surface area (Å²) in [6, 6.07) is 10.6.